The van der Waals surface area contributed by atoms with E-state index in [1.807, 2.05) is 0 Å². The average Bonchev–Trinajstić information content (AvgIpc) is 2.99. The fourth-order valence-electron chi connectivity index (χ4n) is 2.49. The van der Waals surface area contributed by atoms with Crippen LogP contribution in [0.1, 0.15) is 44.9 Å². The van der Waals surface area contributed by atoms with Gasteiger partial charge in [-0.3, -0.25) is 0 Å². The standard InChI is InChI=1S/C12H24N2/c13-12-4-2-1-3-11(12)9-14-8-7-10-5-6-10/h10-12,14H,1-9,13H2. The molecule has 0 saturated heterocycles. The molecule has 0 bridgehead atoms. The van der Waals surface area contributed by atoms with E-state index in [0.29, 0.717) is 6.04 Å². The van der Waals surface area contributed by atoms with Gasteiger partial charge in [0.2, 0.25) is 0 Å². The number of hydrogen-bond acceptors (Lipinski definition) is 2. The Hall–Kier alpha value is -0.0800. The Morgan fingerprint density at radius 2 is 1.86 bits per heavy atom. The molecule has 0 aliphatic heterocycles. The highest BCUT2D eigenvalue weighted by atomic mass is 14.9. The van der Waals surface area contributed by atoms with E-state index in [1.165, 1.54) is 51.5 Å². The van der Waals surface area contributed by atoms with E-state index in [9.17, 15) is 0 Å². The zero-order chi connectivity index (χ0) is 9.80. The molecular weight excluding hydrogens is 172 g/mol. The summed E-state index contributed by atoms with van der Waals surface area (Å²) in [6.07, 6.45) is 9.67. The van der Waals surface area contributed by atoms with E-state index >= 15 is 0 Å². The second-order valence-corrected chi connectivity index (χ2v) is 5.14. The Kier molecular flexibility index (Phi) is 3.82. The molecule has 2 aliphatic rings. The monoisotopic (exact) mass is 196 g/mol. The van der Waals surface area contributed by atoms with Crippen LogP contribution in [-0.4, -0.2) is 19.1 Å². The highest BCUT2D eigenvalue weighted by Crippen LogP contribution is 2.31. The SMILES string of the molecule is NC1CCCCC1CNCCC1CC1. The lowest BCUT2D eigenvalue weighted by atomic mass is 9.85. The van der Waals surface area contributed by atoms with Crippen molar-refractivity contribution < 1.29 is 0 Å². The van der Waals surface area contributed by atoms with Gasteiger partial charge in [-0.15, -0.1) is 0 Å². The second-order valence-electron chi connectivity index (χ2n) is 5.14. The minimum atomic E-state index is 0.470. The van der Waals surface area contributed by atoms with E-state index in [0.717, 1.165) is 18.4 Å². The zero-order valence-corrected chi connectivity index (χ0v) is 9.17. The van der Waals surface area contributed by atoms with Crippen LogP contribution in [-0.2, 0) is 0 Å². The van der Waals surface area contributed by atoms with Gasteiger partial charge >= 0.3 is 0 Å². The first kappa shape index (κ1) is 10.4. The summed E-state index contributed by atoms with van der Waals surface area (Å²) >= 11 is 0. The lowest BCUT2D eigenvalue weighted by molar-refractivity contribution is 0.296. The van der Waals surface area contributed by atoms with Gasteiger partial charge in [-0.25, -0.2) is 0 Å². The molecule has 0 aromatic heterocycles. The summed E-state index contributed by atoms with van der Waals surface area (Å²) in [5.41, 5.74) is 6.09. The second kappa shape index (κ2) is 5.13. The van der Waals surface area contributed by atoms with Gasteiger partial charge in [0.1, 0.15) is 0 Å². The van der Waals surface area contributed by atoms with Crippen LogP contribution in [0.15, 0.2) is 0 Å². The number of rotatable bonds is 5. The molecule has 2 nitrogen and oxygen atoms in total. The van der Waals surface area contributed by atoms with Crippen molar-refractivity contribution in [1.82, 2.24) is 5.32 Å². The van der Waals surface area contributed by atoms with Crippen LogP contribution in [0.4, 0.5) is 0 Å². The molecule has 2 aliphatic carbocycles. The maximum Gasteiger partial charge on any atom is 0.00792 e. The van der Waals surface area contributed by atoms with E-state index < -0.39 is 0 Å². The molecule has 0 radical (unpaired) electrons. The first-order chi connectivity index (χ1) is 6.86. The molecule has 82 valence electrons. The summed E-state index contributed by atoms with van der Waals surface area (Å²) in [6.45, 7) is 2.38. The third kappa shape index (κ3) is 3.25. The van der Waals surface area contributed by atoms with Crippen molar-refractivity contribution in [2.45, 2.75) is 51.0 Å². The molecule has 2 atom stereocenters. The normalized spacial score (nSPS) is 33.2. The van der Waals surface area contributed by atoms with Crippen molar-refractivity contribution in [1.29, 1.82) is 0 Å². The number of nitrogens with one attached hydrogen (secondary N) is 1. The minimum Gasteiger partial charge on any atom is -0.327 e. The van der Waals surface area contributed by atoms with Gasteiger partial charge in [-0.1, -0.05) is 25.7 Å². The lowest BCUT2D eigenvalue weighted by Crippen LogP contribution is -2.39. The number of nitrogens with two attached hydrogens (primary N) is 1. The number of hydrogen-bond donors (Lipinski definition) is 2. The molecule has 0 aromatic carbocycles. The molecule has 2 unspecified atom stereocenters. The van der Waals surface area contributed by atoms with Gasteiger partial charge in [0.25, 0.3) is 0 Å². The Bertz CT molecular complexity index is 166. The highest BCUT2D eigenvalue weighted by Gasteiger charge is 2.22. The first-order valence-corrected chi connectivity index (χ1v) is 6.32. The van der Waals surface area contributed by atoms with Crippen LogP contribution < -0.4 is 11.1 Å². The van der Waals surface area contributed by atoms with Crippen molar-refractivity contribution in [3.8, 4) is 0 Å². The van der Waals surface area contributed by atoms with Crippen molar-refractivity contribution in [2.75, 3.05) is 13.1 Å². The summed E-state index contributed by atoms with van der Waals surface area (Å²) in [7, 11) is 0. The maximum atomic E-state index is 6.09. The van der Waals surface area contributed by atoms with E-state index in [1.54, 1.807) is 0 Å². The summed E-state index contributed by atoms with van der Waals surface area (Å²) < 4.78 is 0. The summed E-state index contributed by atoms with van der Waals surface area (Å²) in [4.78, 5) is 0. The third-order valence-corrected chi connectivity index (χ3v) is 3.80. The highest BCUT2D eigenvalue weighted by molar-refractivity contribution is 4.80. The summed E-state index contributed by atoms with van der Waals surface area (Å²) in [6, 6.07) is 0.470. The Morgan fingerprint density at radius 3 is 2.57 bits per heavy atom. The van der Waals surface area contributed by atoms with Crippen LogP contribution in [0.5, 0.6) is 0 Å². The van der Waals surface area contributed by atoms with Crippen LogP contribution in [0.25, 0.3) is 0 Å². The quantitative estimate of drug-likeness (QED) is 0.659. The van der Waals surface area contributed by atoms with Crippen LogP contribution in [0, 0.1) is 11.8 Å². The Balaban J connectivity index is 1.53. The largest absolute Gasteiger partial charge is 0.327 e. The first-order valence-electron chi connectivity index (χ1n) is 6.32. The maximum absolute atomic E-state index is 6.09. The van der Waals surface area contributed by atoms with Gasteiger partial charge in [0.05, 0.1) is 0 Å². The zero-order valence-electron chi connectivity index (χ0n) is 9.17. The smallest absolute Gasteiger partial charge is 0.00792 e. The molecule has 0 amide bonds. The van der Waals surface area contributed by atoms with Crippen molar-refractivity contribution in [3.05, 3.63) is 0 Å². The molecule has 0 heterocycles. The summed E-state index contributed by atoms with van der Waals surface area (Å²) in [5.74, 6) is 1.81. The van der Waals surface area contributed by atoms with Gasteiger partial charge in [0.15, 0.2) is 0 Å². The van der Waals surface area contributed by atoms with Crippen LogP contribution in [0.3, 0.4) is 0 Å². The predicted molar refractivity (Wildman–Crippen MR) is 60.1 cm³/mol. The van der Waals surface area contributed by atoms with Gasteiger partial charge in [-0.2, -0.15) is 0 Å². The van der Waals surface area contributed by atoms with Crippen molar-refractivity contribution >= 4 is 0 Å². The van der Waals surface area contributed by atoms with Crippen molar-refractivity contribution in [2.24, 2.45) is 17.6 Å². The molecule has 14 heavy (non-hydrogen) atoms. The van der Waals surface area contributed by atoms with E-state index in [-0.39, 0.29) is 0 Å². The average molecular weight is 196 g/mol. The van der Waals surface area contributed by atoms with E-state index in [4.69, 9.17) is 5.73 Å². The van der Waals surface area contributed by atoms with E-state index in [2.05, 4.69) is 5.32 Å². The molecule has 2 fully saturated rings. The molecule has 3 N–H and O–H groups in total. The molecule has 2 saturated carbocycles. The van der Waals surface area contributed by atoms with Gasteiger partial charge in [0, 0.05) is 6.04 Å². The topological polar surface area (TPSA) is 38.0 Å². The molecule has 2 rings (SSSR count). The summed E-state index contributed by atoms with van der Waals surface area (Å²) in [5, 5.41) is 3.58. The van der Waals surface area contributed by atoms with Crippen LogP contribution >= 0.6 is 0 Å². The molecule has 2 heteroatoms. The third-order valence-electron chi connectivity index (χ3n) is 3.80. The fourth-order valence-corrected chi connectivity index (χ4v) is 2.49. The van der Waals surface area contributed by atoms with Crippen LogP contribution in [0.2, 0.25) is 0 Å². The molecule has 0 spiro atoms. The lowest BCUT2D eigenvalue weighted by Gasteiger charge is -2.28. The molecular formula is C12H24N2. The minimum absolute atomic E-state index is 0.470. The molecule has 0 aromatic rings. The van der Waals surface area contributed by atoms with Crippen molar-refractivity contribution in [3.63, 3.8) is 0 Å². The Morgan fingerprint density at radius 1 is 1.07 bits per heavy atom. The fraction of sp³-hybridized carbons (Fsp3) is 1.00. The van der Waals surface area contributed by atoms with Gasteiger partial charge in [-0.05, 0) is 44.2 Å². The predicted octanol–water partition coefficient (Wildman–Crippen LogP) is 1.89. The van der Waals surface area contributed by atoms with Gasteiger partial charge < -0.3 is 11.1 Å². The Labute approximate surface area is 87.6 Å².